The van der Waals surface area contributed by atoms with Crippen molar-refractivity contribution in [3.8, 4) is 0 Å². The molecule has 0 aliphatic heterocycles. The molecule has 3 rings (SSSR count). The Bertz CT molecular complexity index is 795. The largest absolute Gasteiger partial charge is 0.355 e. The smallest absolute Gasteiger partial charge is 0.271 e. The van der Waals surface area contributed by atoms with Crippen molar-refractivity contribution in [3.05, 3.63) is 44.4 Å². The predicted molar refractivity (Wildman–Crippen MR) is 81.8 cm³/mol. The third-order valence-corrected chi connectivity index (χ3v) is 4.00. The molecular formula is C13H13N5O2S. The second-order valence-corrected chi connectivity index (χ2v) is 5.55. The molecule has 0 atom stereocenters. The molecule has 108 valence electrons. The molecule has 2 heterocycles. The van der Waals surface area contributed by atoms with Crippen LogP contribution in [-0.4, -0.2) is 26.4 Å². The average Bonchev–Trinajstić information content (AvgIpc) is 3.03. The molecule has 2 N–H and O–H groups in total. The molecule has 7 nitrogen and oxygen atoms in total. The van der Waals surface area contributed by atoms with Gasteiger partial charge in [0.2, 0.25) is 5.95 Å². The fraction of sp³-hybridized carbons (Fsp3) is 0.231. The molecule has 0 spiro atoms. The van der Waals surface area contributed by atoms with E-state index in [0.717, 1.165) is 17.1 Å². The van der Waals surface area contributed by atoms with Crippen LogP contribution in [0.3, 0.4) is 0 Å². The molecule has 8 heteroatoms. The third kappa shape index (κ3) is 3.00. The van der Waals surface area contributed by atoms with Gasteiger partial charge in [0, 0.05) is 36.2 Å². The van der Waals surface area contributed by atoms with Crippen LogP contribution in [0.15, 0.2) is 23.6 Å². The molecule has 3 aromatic rings. The van der Waals surface area contributed by atoms with Crippen LogP contribution >= 0.6 is 11.3 Å². The lowest BCUT2D eigenvalue weighted by Crippen LogP contribution is -2.05. The topological polar surface area (TPSA) is 96.7 Å². The number of nitro groups is 1. The van der Waals surface area contributed by atoms with Crippen LogP contribution in [0.5, 0.6) is 0 Å². The van der Waals surface area contributed by atoms with E-state index in [-0.39, 0.29) is 5.69 Å². The maximum absolute atomic E-state index is 10.7. The van der Waals surface area contributed by atoms with E-state index in [1.807, 2.05) is 12.3 Å². The molecule has 1 aromatic carbocycles. The highest BCUT2D eigenvalue weighted by atomic mass is 32.1. The first kappa shape index (κ1) is 13.5. The first-order valence-corrected chi connectivity index (χ1v) is 7.29. The minimum Gasteiger partial charge on any atom is -0.355 e. The van der Waals surface area contributed by atoms with Crippen LogP contribution in [0.25, 0.3) is 11.0 Å². The van der Waals surface area contributed by atoms with Gasteiger partial charge in [-0.2, -0.15) is 0 Å². The van der Waals surface area contributed by atoms with E-state index in [0.29, 0.717) is 23.5 Å². The van der Waals surface area contributed by atoms with Gasteiger partial charge in [0.05, 0.1) is 21.0 Å². The van der Waals surface area contributed by atoms with E-state index in [1.165, 1.54) is 12.1 Å². The number of nitrogens with one attached hydrogen (secondary N) is 2. The van der Waals surface area contributed by atoms with Crippen molar-refractivity contribution >= 4 is 34.0 Å². The molecule has 0 bridgehead atoms. The third-order valence-electron chi connectivity index (χ3n) is 2.97. The van der Waals surface area contributed by atoms with E-state index in [9.17, 15) is 10.1 Å². The van der Waals surface area contributed by atoms with Crippen LogP contribution in [0, 0.1) is 17.0 Å². The van der Waals surface area contributed by atoms with Gasteiger partial charge in [-0.15, -0.1) is 11.3 Å². The van der Waals surface area contributed by atoms with Gasteiger partial charge in [0.1, 0.15) is 0 Å². The number of thiazole rings is 1. The summed E-state index contributed by atoms with van der Waals surface area (Å²) in [4.78, 5) is 22.1. The van der Waals surface area contributed by atoms with Crippen molar-refractivity contribution in [2.75, 3.05) is 11.9 Å². The summed E-state index contributed by atoms with van der Waals surface area (Å²) in [6.07, 6.45) is 0.815. The lowest BCUT2D eigenvalue weighted by molar-refractivity contribution is -0.384. The van der Waals surface area contributed by atoms with Crippen molar-refractivity contribution in [3.63, 3.8) is 0 Å². The highest BCUT2D eigenvalue weighted by Gasteiger charge is 2.09. The predicted octanol–water partition coefficient (Wildman–Crippen LogP) is 2.89. The summed E-state index contributed by atoms with van der Waals surface area (Å²) < 4.78 is 0. The van der Waals surface area contributed by atoms with E-state index in [1.54, 1.807) is 17.4 Å². The summed E-state index contributed by atoms with van der Waals surface area (Å²) in [5.41, 5.74) is 2.44. The summed E-state index contributed by atoms with van der Waals surface area (Å²) in [5.74, 6) is 0.610. The Balaban J connectivity index is 1.68. The molecule has 0 fully saturated rings. The summed E-state index contributed by atoms with van der Waals surface area (Å²) in [5, 5.41) is 17.0. The van der Waals surface area contributed by atoms with Crippen LogP contribution < -0.4 is 5.32 Å². The van der Waals surface area contributed by atoms with E-state index in [2.05, 4.69) is 20.3 Å². The number of fused-ring (bicyclic) bond motifs is 1. The van der Waals surface area contributed by atoms with Crippen LogP contribution in [-0.2, 0) is 6.42 Å². The SMILES string of the molecule is Cc1csc(CCNc2nc3ccc([N+](=O)[O-])cc3[nH]2)n1. The molecule has 2 aromatic heterocycles. The van der Waals surface area contributed by atoms with Crippen molar-refractivity contribution in [1.82, 2.24) is 15.0 Å². The van der Waals surface area contributed by atoms with Crippen molar-refractivity contribution in [2.45, 2.75) is 13.3 Å². The Morgan fingerprint density at radius 1 is 1.43 bits per heavy atom. The van der Waals surface area contributed by atoms with Gasteiger partial charge < -0.3 is 10.3 Å². The van der Waals surface area contributed by atoms with E-state index < -0.39 is 4.92 Å². The minimum absolute atomic E-state index is 0.0518. The number of aromatic amines is 1. The molecule has 0 saturated carbocycles. The Morgan fingerprint density at radius 3 is 3.00 bits per heavy atom. The maximum atomic E-state index is 10.7. The number of hydrogen-bond donors (Lipinski definition) is 2. The number of benzene rings is 1. The van der Waals surface area contributed by atoms with Crippen molar-refractivity contribution < 1.29 is 4.92 Å². The average molecular weight is 303 g/mol. The van der Waals surface area contributed by atoms with Gasteiger partial charge >= 0.3 is 0 Å². The first-order valence-electron chi connectivity index (χ1n) is 6.41. The van der Waals surface area contributed by atoms with Gasteiger partial charge in [0.25, 0.3) is 5.69 Å². The summed E-state index contributed by atoms with van der Waals surface area (Å²) >= 11 is 1.64. The monoisotopic (exact) mass is 303 g/mol. The normalized spacial score (nSPS) is 10.9. The lowest BCUT2D eigenvalue weighted by Gasteiger charge is -1.99. The Labute approximate surface area is 124 Å². The second kappa shape index (κ2) is 5.49. The first-order chi connectivity index (χ1) is 10.1. The number of non-ortho nitro benzene ring substituents is 1. The molecular weight excluding hydrogens is 290 g/mol. The Morgan fingerprint density at radius 2 is 2.29 bits per heavy atom. The lowest BCUT2D eigenvalue weighted by atomic mass is 10.3. The zero-order valence-electron chi connectivity index (χ0n) is 11.3. The number of hydrogen-bond acceptors (Lipinski definition) is 6. The summed E-state index contributed by atoms with van der Waals surface area (Å²) in [6.45, 7) is 2.68. The fourth-order valence-corrected chi connectivity index (χ4v) is 2.78. The van der Waals surface area contributed by atoms with Gasteiger partial charge in [-0.25, -0.2) is 9.97 Å². The van der Waals surface area contributed by atoms with Crippen LogP contribution in [0.2, 0.25) is 0 Å². The van der Waals surface area contributed by atoms with E-state index >= 15 is 0 Å². The highest BCUT2D eigenvalue weighted by Crippen LogP contribution is 2.20. The molecule has 0 aliphatic rings. The summed E-state index contributed by atoms with van der Waals surface area (Å²) in [6, 6.07) is 4.57. The standard InChI is InChI=1S/C13H13N5O2S/c1-8-7-21-12(15-8)4-5-14-13-16-10-3-2-9(18(19)20)6-11(10)17-13/h2-3,6-7H,4-5H2,1H3,(H2,14,16,17). The number of imidazole rings is 1. The molecule has 0 unspecified atom stereocenters. The quantitative estimate of drug-likeness (QED) is 0.558. The summed E-state index contributed by atoms with van der Waals surface area (Å²) in [7, 11) is 0. The van der Waals surface area contributed by atoms with Gasteiger partial charge in [-0.3, -0.25) is 10.1 Å². The Hall–Kier alpha value is -2.48. The van der Waals surface area contributed by atoms with Gasteiger partial charge in [0.15, 0.2) is 0 Å². The molecule has 21 heavy (non-hydrogen) atoms. The van der Waals surface area contributed by atoms with Crippen molar-refractivity contribution in [1.29, 1.82) is 0 Å². The fourth-order valence-electron chi connectivity index (χ4n) is 2.00. The number of nitro benzene ring substituents is 1. The number of nitrogens with zero attached hydrogens (tertiary/aromatic N) is 3. The number of aromatic nitrogens is 3. The van der Waals surface area contributed by atoms with Crippen LogP contribution in [0.4, 0.5) is 11.6 Å². The minimum atomic E-state index is -0.418. The molecule has 0 saturated heterocycles. The number of H-pyrrole nitrogens is 1. The van der Waals surface area contributed by atoms with E-state index in [4.69, 9.17) is 0 Å². The second-order valence-electron chi connectivity index (χ2n) is 4.60. The highest BCUT2D eigenvalue weighted by molar-refractivity contribution is 7.09. The zero-order chi connectivity index (χ0) is 14.8. The zero-order valence-corrected chi connectivity index (χ0v) is 12.1. The maximum Gasteiger partial charge on any atom is 0.271 e. The van der Waals surface area contributed by atoms with Gasteiger partial charge in [-0.1, -0.05) is 0 Å². The molecule has 0 amide bonds. The molecule has 0 aliphatic carbocycles. The van der Waals surface area contributed by atoms with Crippen LogP contribution in [0.1, 0.15) is 10.7 Å². The van der Waals surface area contributed by atoms with Gasteiger partial charge in [-0.05, 0) is 13.0 Å². The number of aryl methyl sites for hydroxylation is 1. The Kier molecular flexibility index (Phi) is 3.53. The number of rotatable bonds is 5. The van der Waals surface area contributed by atoms with Crippen molar-refractivity contribution in [2.24, 2.45) is 0 Å². The molecule has 0 radical (unpaired) electrons. The number of anilines is 1.